The Balaban J connectivity index is 2.31. The summed E-state index contributed by atoms with van der Waals surface area (Å²) in [5.41, 5.74) is 4.19. The molecular formula is C16H14Br2O. The number of hydrogen-bond donors (Lipinski definition) is 0. The lowest BCUT2D eigenvalue weighted by Crippen LogP contribution is -2.06. The van der Waals surface area contributed by atoms with Crippen LogP contribution in [0.2, 0.25) is 0 Å². The Labute approximate surface area is 130 Å². The van der Waals surface area contributed by atoms with Crippen molar-refractivity contribution in [2.45, 2.75) is 20.3 Å². The van der Waals surface area contributed by atoms with E-state index < -0.39 is 0 Å². The fourth-order valence-electron chi connectivity index (χ4n) is 2.11. The summed E-state index contributed by atoms with van der Waals surface area (Å²) in [6.45, 7) is 4.10. The van der Waals surface area contributed by atoms with E-state index in [0.717, 1.165) is 20.1 Å². The van der Waals surface area contributed by atoms with Crippen LogP contribution in [0.25, 0.3) is 0 Å². The van der Waals surface area contributed by atoms with Gasteiger partial charge in [0.05, 0.1) is 0 Å². The highest BCUT2D eigenvalue weighted by molar-refractivity contribution is 9.11. The number of Topliss-reactive ketones (excluding diaryl/α,β-unsaturated/α-hetero) is 1. The second-order valence-corrected chi connectivity index (χ2v) is 6.46. The Kier molecular flexibility index (Phi) is 4.58. The fraction of sp³-hybridized carbons (Fsp3) is 0.188. The lowest BCUT2D eigenvalue weighted by atomic mass is 9.96. The number of hydrogen-bond acceptors (Lipinski definition) is 1. The summed E-state index contributed by atoms with van der Waals surface area (Å²) in [7, 11) is 0. The van der Waals surface area contributed by atoms with Crippen LogP contribution >= 0.6 is 31.9 Å². The summed E-state index contributed by atoms with van der Waals surface area (Å²) < 4.78 is 1.82. The first-order valence-corrected chi connectivity index (χ1v) is 7.60. The number of rotatable bonds is 3. The number of carbonyl (C=O) groups excluding carboxylic acids is 1. The quantitative estimate of drug-likeness (QED) is 0.663. The van der Waals surface area contributed by atoms with Crippen LogP contribution in [-0.4, -0.2) is 5.78 Å². The molecule has 3 heteroatoms. The van der Waals surface area contributed by atoms with E-state index in [2.05, 4.69) is 31.9 Å². The molecule has 2 aromatic rings. The van der Waals surface area contributed by atoms with Gasteiger partial charge < -0.3 is 0 Å². The predicted octanol–water partition coefficient (Wildman–Crippen LogP) is 5.25. The van der Waals surface area contributed by atoms with Crippen LogP contribution in [-0.2, 0) is 6.42 Å². The molecule has 0 aliphatic rings. The van der Waals surface area contributed by atoms with Crippen molar-refractivity contribution in [2.24, 2.45) is 0 Å². The van der Waals surface area contributed by atoms with Crippen LogP contribution < -0.4 is 0 Å². The molecule has 19 heavy (non-hydrogen) atoms. The Morgan fingerprint density at radius 1 is 1.00 bits per heavy atom. The number of aryl methyl sites for hydroxylation is 2. The summed E-state index contributed by atoms with van der Waals surface area (Å²) in [4.78, 5) is 12.4. The van der Waals surface area contributed by atoms with Gasteiger partial charge in [-0.2, -0.15) is 0 Å². The van der Waals surface area contributed by atoms with Crippen molar-refractivity contribution < 1.29 is 4.79 Å². The third-order valence-electron chi connectivity index (χ3n) is 3.17. The zero-order valence-electron chi connectivity index (χ0n) is 10.8. The molecule has 0 saturated heterocycles. The number of halogens is 2. The Hall–Kier alpha value is -0.930. The predicted molar refractivity (Wildman–Crippen MR) is 85.8 cm³/mol. The minimum absolute atomic E-state index is 0.138. The van der Waals surface area contributed by atoms with Crippen molar-refractivity contribution in [3.05, 3.63) is 67.6 Å². The van der Waals surface area contributed by atoms with Crippen LogP contribution in [0, 0.1) is 13.8 Å². The van der Waals surface area contributed by atoms with Gasteiger partial charge in [-0.25, -0.2) is 0 Å². The van der Waals surface area contributed by atoms with Gasteiger partial charge in [0.1, 0.15) is 0 Å². The molecule has 0 amide bonds. The first-order chi connectivity index (χ1) is 8.97. The molecule has 0 radical (unpaired) electrons. The minimum Gasteiger partial charge on any atom is -0.294 e. The third kappa shape index (κ3) is 3.54. The van der Waals surface area contributed by atoms with Gasteiger partial charge in [-0.15, -0.1) is 0 Å². The molecule has 0 unspecified atom stereocenters. The molecule has 98 valence electrons. The first-order valence-electron chi connectivity index (χ1n) is 6.02. The lowest BCUT2D eigenvalue weighted by molar-refractivity contribution is 0.0992. The van der Waals surface area contributed by atoms with E-state index in [1.165, 1.54) is 11.1 Å². The van der Waals surface area contributed by atoms with Gasteiger partial charge in [-0.05, 0) is 48.7 Å². The highest BCUT2D eigenvalue weighted by atomic mass is 79.9. The van der Waals surface area contributed by atoms with E-state index in [4.69, 9.17) is 0 Å². The maximum atomic E-state index is 12.4. The second kappa shape index (κ2) is 6.02. The number of benzene rings is 2. The third-order valence-corrected chi connectivity index (χ3v) is 4.08. The van der Waals surface area contributed by atoms with Gasteiger partial charge in [0.25, 0.3) is 0 Å². The van der Waals surface area contributed by atoms with E-state index >= 15 is 0 Å². The molecule has 0 aromatic heterocycles. The average molecular weight is 382 g/mol. The molecule has 0 bridgehead atoms. The zero-order valence-corrected chi connectivity index (χ0v) is 14.0. The summed E-state index contributed by atoms with van der Waals surface area (Å²) in [6, 6.07) is 11.8. The molecule has 1 nitrogen and oxygen atoms in total. The molecule has 0 spiro atoms. The normalized spacial score (nSPS) is 10.5. The van der Waals surface area contributed by atoms with Crippen molar-refractivity contribution in [2.75, 3.05) is 0 Å². The highest BCUT2D eigenvalue weighted by Crippen LogP contribution is 2.22. The monoisotopic (exact) mass is 380 g/mol. The number of ketones is 1. The highest BCUT2D eigenvalue weighted by Gasteiger charge is 2.12. The summed E-state index contributed by atoms with van der Waals surface area (Å²) >= 11 is 6.83. The van der Waals surface area contributed by atoms with E-state index in [0.29, 0.717) is 6.42 Å². The second-order valence-electron chi connectivity index (χ2n) is 4.63. The Morgan fingerprint density at radius 3 is 2.05 bits per heavy atom. The van der Waals surface area contributed by atoms with Crippen molar-refractivity contribution >= 4 is 37.6 Å². The topological polar surface area (TPSA) is 17.1 Å². The molecule has 0 aliphatic carbocycles. The van der Waals surface area contributed by atoms with Gasteiger partial charge in [0.2, 0.25) is 0 Å². The average Bonchev–Trinajstić information content (AvgIpc) is 2.32. The molecule has 0 aliphatic heterocycles. The van der Waals surface area contributed by atoms with Gasteiger partial charge >= 0.3 is 0 Å². The van der Waals surface area contributed by atoms with Crippen LogP contribution in [0.3, 0.4) is 0 Å². The maximum absolute atomic E-state index is 12.4. The summed E-state index contributed by atoms with van der Waals surface area (Å²) in [5.74, 6) is 0.138. The maximum Gasteiger partial charge on any atom is 0.167 e. The van der Waals surface area contributed by atoms with E-state index in [9.17, 15) is 4.79 Å². The molecular weight excluding hydrogens is 368 g/mol. The van der Waals surface area contributed by atoms with Crippen LogP contribution in [0.1, 0.15) is 27.0 Å². The molecule has 0 N–H and O–H groups in total. The van der Waals surface area contributed by atoms with Crippen LogP contribution in [0.5, 0.6) is 0 Å². The molecule has 0 atom stereocenters. The Morgan fingerprint density at radius 2 is 1.53 bits per heavy atom. The van der Waals surface area contributed by atoms with Gasteiger partial charge in [-0.1, -0.05) is 50.1 Å². The van der Waals surface area contributed by atoms with Crippen molar-refractivity contribution in [1.29, 1.82) is 0 Å². The molecule has 0 saturated carbocycles. The zero-order chi connectivity index (χ0) is 14.0. The van der Waals surface area contributed by atoms with E-state index in [1.807, 2.05) is 50.2 Å². The van der Waals surface area contributed by atoms with Crippen LogP contribution in [0.15, 0.2) is 45.3 Å². The smallest absolute Gasteiger partial charge is 0.167 e. The molecule has 0 heterocycles. The molecule has 2 aromatic carbocycles. The summed E-state index contributed by atoms with van der Waals surface area (Å²) in [6.07, 6.45) is 0.446. The SMILES string of the molecule is Cc1cccc(C)c1CC(=O)c1cc(Br)cc(Br)c1. The lowest BCUT2D eigenvalue weighted by Gasteiger charge is -2.09. The molecule has 0 fully saturated rings. The fourth-order valence-corrected chi connectivity index (χ4v) is 3.40. The minimum atomic E-state index is 0.138. The largest absolute Gasteiger partial charge is 0.294 e. The van der Waals surface area contributed by atoms with Crippen LogP contribution in [0.4, 0.5) is 0 Å². The first kappa shape index (κ1) is 14.5. The van der Waals surface area contributed by atoms with Gasteiger partial charge in [-0.3, -0.25) is 4.79 Å². The van der Waals surface area contributed by atoms with Crippen molar-refractivity contribution in [3.8, 4) is 0 Å². The van der Waals surface area contributed by atoms with Crippen molar-refractivity contribution in [1.82, 2.24) is 0 Å². The number of carbonyl (C=O) groups is 1. The van der Waals surface area contributed by atoms with E-state index in [1.54, 1.807) is 0 Å². The summed E-state index contributed by atoms with van der Waals surface area (Å²) in [5, 5.41) is 0. The van der Waals surface area contributed by atoms with E-state index in [-0.39, 0.29) is 5.78 Å². The molecule has 2 rings (SSSR count). The standard InChI is InChI=1S/C16H14Br2O/c1-10-4-3-5-11(2)15(10)9-16(19)12-6-13(17)8-14(18)7-12/h3-8H,9H2,1-2H3. The van der Waals surface area contributed by atoms with Gasteiger partial charge in [0.15, 0.2) is 5.78 Å². The Bertz CT molecular complexity index is 592. The van der Waals surface area contributed by atoms with Crippen molar-refractivity contribution in [3.63, 3.8) is 0 Å². The van der Waals surface area contributed by atoms with Gasteiger partial charge in [0, 0.05) is 20.9 Å².